The number of imidazole rings is 1. The maximum Gasteiger partial charge on any atom is 0.243 e. The summed E-state index contributed by atoms with van der Waals surface area (Å²) in [6.07, 6.45) is 5.38. The maximum absolute atomic E-state index is 5.83. The summed E-state index contributed by atoms with van der Waals surface area (Å²) in [7, 11) is 1.90. The van der Waals surface area contributed by atoms with Gasteiger partial charge in [0.1, 0.15) is 11.4 Å². The molecule has 19 heavy (non-hydrogen) atoms. The van der Waals surface area contributed by atoms with Gasteiger partial charge in [0, 0.05) is 28.8 Å². The number of ether oxygens (including phenoxy) is 1. The van der Waals surface area contributed by atoms with Crippen LogP contribution in [0, 0.1) is 0 Å². The number of hydrogen-bond donors (Lipinski definition) is 1. The number of nitrogens with zero attached hydrogens (tertiary/aromatic N) is 3. The van der Waals surface area contributed by atoms with Gasteiger partial charge in [-0.3, -0.25) is 9.38 Å². The summed E-state index contributed by atoms with van der Waals surface area (Å²) in [5, 5.41) is 5.13. The van der Waals surface area contributed by atoms with Gasteiger partial charge in [-0.1, -0.05) is 0 Å². The van der Waals surface area contributed by atoms with Crippen molar-refractivity contribution in [3.8, 4) is 11.6 Å². The first-order valence-electron chi connectivity index (χ1n) is 5.65. The van der Waals surface area contributed by atoms with Crippen LogP contribution >= 0.6 is 27.3 Å². The Labute approximate surface area is 122 Å². The van der Waals surface area contributed by atoms with E-state index in [-0.39, 0.29) is 0 Å². The monoisotopic (exact) mass is 338 g/mol. The lowest BCUT2D eigenvalue weighted by Crippen LogP contribution is -2.08. The molecule has 0 fully saturated rings. The Morgan fingerprint density at radius 2 is 2.37 bits per heavy atom. The molecule has 5 nitrogen and oxygen atoms in total. The highest BCUT2D eigenvalue weighted by atomic mass is 79.9. The lowest BCUT2D eigenvalue weighted by molar-refractivity contribution is 0.454. The van der Waals surface area contributed by atoms with Crippen LogP contribution in [0.25, 0.3) is 4.96 Å². The zero-order valence-electron chi connectivity index (χ0n) is 10.1. The molecule has 3 aromatic rings. The number of aromatic nitrogens is 3. The van der Waals surface area contributed by atoms with Crippen molar-refractivity contribution in [2.75, 3.05) is 7.05 Å². The van der Waals surface area contributed by atoms with Gasteiger partial charge in [-0.25, -0.2) is 0 Å². The zero-order valence-corrected chi connectivity index (χ0v) is 12.5. The van der Waals surface area contributed by atoms with Crippen molar-refractivity contribution in [1.82, 2.24) is 19.7 Å². The van der Waals surface area contributed by atoms with E-state index < -0.39 is 0 Å². The average molecular weight is 339 g/mol. The van der Waals surface area contributed by atoms with E-state index in [1.54, 1.807) is 23.7 Å². The molecule has 7 heteroatoms. The third kappa shape index (κ3) is 2.49. The molecule has 0 atom stereocenters. The third-order valence-electron chi connectivity index (χ3n) is 2.56. The molecule has 0 saturated heterocycles. The topological polar surface area (TPSA) is 51.5 Å². The zero-order chi connectivity index (χ0) is 13.2. The quantitative estimate of drug-likeness (QED) is 0.794. The molecular weight excluding hydrogens is 328 g/mol. The molecule has 3 aromatic heterocycles. The van der Waals surface area contributed by atoms with E-state index in [0.29, 0.717) is 18.2 Å². The van der Waals surface area contributed by atoms with E-state index in [9.17, 15) is 0 Å². The molecule has 0 radical (unpaired) electrons. The van der Waals surface area contributed by atoms with Gasteiger partial charge < -0.3 is 10.1 Å². The van der Waals surface area contributed by atoms with E-state index in [1.807, 2.05) is 29.1 Å². The molecule has 0 unspecified atom stereocenters. The lowest BCUT2D eigenvalue weighted by Gasteiger charge is -2.05. The highest BCUT2D eigenvalue weighted by Crippen LogP contribution is 2.28. The summed E-state index contributed by atoms with van der Waals surface area (Å²) >= 11 is 4.95. The first-order chi connectivity index (χ1) is 9.28. The van der Waals surface area contributed by atoms with Crippen molar-refractivity contribution in [1.29, 1.82) is 0 Å². The van der Waals surface area contributed by atoms with Gasteiger partial charge in [-0.2, -0.15) is 4.98 Å². The molecule has 0 aliphatic rings. The lowest BCUT2D eigenvalue weighted by atomic mass is 10.4. The Morgan fingerprint density at radius 3 is 3.16 bits per heavy atom. The van der Waals surface area contributed by atoms with Gasteiger partial charge in [-0.15, -0.1) is 11.3 Å². The minimum Gasteiger partial charge on any atom is -0.436 e. The van der Waals surface area contributed by atoms with Crippen LogP contribution in [0.2, 0.25) is 0 Å². The van der Waals surface area contributed by atoms with E-state index in [2.05, 4.69) is 31.2 Å². The molecular formula is C12H11BrN4OS. The number of hydrogen-bond acceptors (Lipinski definition) is 5. The van der Waals surface area contributed by atoms with Gasteiger partial charge in [0.05, 0.1) is 6.20 Å². The van der Waals surface area contributed by atoms with E-state index in [0.717, 1.165) is 15.1 Å². The van der Waals surface area contributed by atoms with Crippen molar-refractivity contribution in [2.24, 2.45) is 0 Å². The molecule has 1 N–H and O–H groups in total. The molecule has 0 aromatic carbocycles. The smallest absolute Gasteiger partial charge is 0.243 e. The van der Waals surface area contributed by atoms with Crippen LogP contribution in [0.3, 0.4) is 0 Å². The minimum absolute atomic E-state index is 0.612. The Balaban J connectivity index is 1.99. The second-order valence-corrected chi connectivity index (χ2v) is 5.68. The van der Waals surface area contributed by atoms with Crippen LogP contribution in [0.4, 0.5) is 0 Å². The molecule has 3 heterocycles. The van der Waals surface area contributed by atoms with Gasteiger partial charge in [0.2, 0.25) is 5.88 Å². The van der Waals surface area contributed by atoms with Gasteiger partial charge >= 0.3 is 0 Å². The minimum atomic E-state index is 0.612. The maximum atomic E-state index is 5.83. The Hall–Kier alpha value is -1.44. The summed E-state index contributed by atoms with van der Waals surface area (Å²) in [4.78, 5) is 9.49. The van der Waals surface area contributed by atoms with Crippen LogP contribution in [0.15, 0.2) is 34.5 Å². The highest BCUT2D eigenvalue weighted by molar-refractivity contribution is 9.10. The molecule has 0 bridgehead atoms. The van der Waals surface area contributed by atoms with E-state index in [1.165, 1.54) is 0 Å². The molecule has 0 amide bonds. The first-order valence-corrected chi connectivity index (χ1v) is 7.32. The van der Waals surface area contributed by atoms with Gasteiger partial charge in [-0.05, 0) is 29.0 Å². The fourth-order valence-electron chi connectivity index (χ4n) is 1.78. The molecule has 0 aliphatic carbocycles. The molecule has 0 saturated carbocycles. The molecule has 3 rings (SSSR count). The van der Waals surface area contributed by atoms with Crippen molar-refractivity contribution in [3.05, 3.63) is 40.2 Å². The van der Waals surface area contributed by atoms with Gasteiger partial charge in [0.15, 0.2) is 4.96 Å². The van der Waals surface area contributed by atoms with Crippen molar-refractivity contribution in [3.63, 3.8) is 0 Å². The van der Waals surface area contributed by atoms with Crippen molar-refractivity contribution in [2.45, 2.75) is 6.54 Å². The van der Waals surface area contributed by atoms with Gasteiger partial charge in [0.25, 0.3) is 0 Å². The van der Waals surface area contributed by atoms with E-state index >= 15 is 0 Å². The Morgan fingerprint density at radius 1 is 1.47 bits per heavy atom. The van der Waals surface area contributed by atoms with Crippen LogP contribution in [-0.2, 0) is 6.54 Å². The highest BCUT2D eigenvalue weighted by Gasteiger charge is 2.14. The summed E-state index contributed by atoms with van der Waals surface area (Å²) in [6.45, 7) is 0.689. The Bertz CT molecular complexity index is 709. The fraction of sp³-hybridized carbons (Fsp3) is 0.167. The Kier molecular flexibility index (Phi) is 3.50. The number of fused-ring (bicyclic) bond motifs is 1. The van der Waals surface area contributed by atoms with Crippen LogP contribution in [0.1, 0.15) is 5.69 Å². The van der Waals surface area contributed by atoms with Crippen molar-refractivity contribution < 1.29 is 4.74 Å². The standard InChI is InChI=1S/C12H11BrN4OS/c1-14-7-10-11(16-12-17(10)2-3-19-12)18-9-4-8(13)5-15-6-9/h2-6,14H,7H2,1H3. The molecule has 0 aliphatic heterocycles. The van der Waals surface area contributed by atoms with Crippen LogP contribution in [-0.4, -0.2) is 21.4 Å². The summed E-state index contributed by atoms with van der Waals surface area (Å²) < 4.78 is 8.73. The second-order valence-electron chi connectivity index (χ2n) is 3.89. The van der Waals surface area contributed by atoms with Crippen LogP contribution in [0.5, 0.6) is 11.6 Å². The summed E-state index contributed by atoms with van der Waals surface area (Å²) in [5.74, 6) is 1.28. The fourth-order valence-corrected chi connectivity index (χ4v) is 2.85. The SMILES string of the molecule is CNCc1c(Oc2cncc(Br)c2)nc2sccn12. The largest absolute Gasteiger partial charge is 0.436 e. The number of pyridine rings is 1. The van der Waals surface area contributed by atoms with Crippen LogP contribution < -0.4 is 10.1 Å². The normalized spacial score (nSPS) is 11.1. The average Bonchev–Trinajstić information content (AvgIpc) is 2.93. The third-order valence-corrected chi connectivity index (χ3v) is 3.75. The molecule has 98 valence electrons. The number of nitrogens with one attached hydrogen (secondary N) is 1. The predicted molar refractivity (Wildman–Crippen MR) is 77.8 cm³/mol. The van der Waals surface area contributed by atoms with Crippen molar-refractivity contribution >= 4 is 32.2 Å². The number of thiazole rings is 1. The summed E-state index contributed by atoms with van der Waals surface area (Å²) in [6, 6.07) is 1.86. The molecule has 0 spiro atoms. The van der Waals surface area contributed by atoms with E-state index in [4.69, 9.17) is 4.74 Å². The predicted octanol–water partition coefficient (Wildman–Crippen LogP) is 3.07. The number of halogens is 1. The summed E-state index contributed by atoms with van der Waals surface area (Å²) in [5.41, 5.74) is 0.999. The number of rotatable bonds is 4. The first kappa shape index (κ1) is 12.6. The second kappa shape index (κ2) is 5.28.